The number of nitrogens with two attached hydrogens (primary N) is 1. The lowest BCUT2D eigenvalue weighted by molar-refractivity contribution is -0.126. The number of H-pyrrole nitrogens is 1. The first-order chi connectivity index (χ1) is 40.2. The number of amides is 6. The number of carbonyl (C=O) groups is 5. The number of benzene rings is 3. The summed E-state index contributed by atoms with van der Waals surface area (Å²) in [6, 6.07) is 21.1. The second kappa shape index (κ2) is 29.2. The summed E-state index contributed by atoms with van der Waals surface area (Å²) in [7, 11) is 10.5. The number of nitrogens with one attached hydrogen (secondary N) is 7. The Morgan fingerprint density at radius 3 is 2.33 bits per heavy atom. The first-order valence-corrected chi connectivity index (χ1v) is 28.5. The molecule has 0 bridgehead atoms. The van der Waals surface area contributed by atoms with Crippen LogP contribution < -0.4 is 52.7 Å². The number of unbranched alkanes of at least 4 members (excludes halogenated alkanes) is 3. The van der Waals surface area contributed by atoms with Gasteiger partial charge in [0.2, 0.25) is 11.8 Å². The largest absolute Gasteiger partial charge is 0.494 e. The number of aromatic amines is 1. The minimum atomic E-state index is -0.716. The van der Waals surface area contributed by atoms with Gasteiger partial charge in [-0.15, -0.1) is 0 Å². The van der Waals surface area contributed by atoms with E-state index in [0.29, 0.717) is 95.8 Å². The molecular formula is C60H80ClN15O8. The molecule has 9 N–H and O–H groups in total. The maximum atomic E-state index is 13.8. The van der Waals surface area contributed by atoms with Crippen molar-refractivity contribution in [1.82, 2.24) is 50.3 Å². The van der Waals surface area contributed by atoms with Crippen molar-refractivity contribution in [3.63, 3.8) is 0 Å². The highest BCUT2D eigenvalue weighted by molar-refractivity contribution is 6.29. The molecule has 450 valence electrons. The molecule has 1 atom stereocenters. The first kappa shape index (κ1) is 63.2. The molecule has 3 aromatic carbocycles. The second-order valence-corrected chi connectivity index (χ2v) is 22.4. The molecule has 0 unspecified atom stereocenters. The number of methoxy groups -OCH3 is 1. The molecule has 1 saturated heterocycles. The Labute approximate surface area is 495 Å². The van der Waals surface area contributed by atoms with E-state index >= 15 is 0 Å². The van der Waals surface area contributed by atoms with Crippen molar-refractivity contribution in [2.45, 2.75) is 77.4 Å². The van der Waals surface area contributed by atoms with Crippen molar-refractivity contribution >= 4 is 75.3 Å². The van der Waals surface area contributed by atoms with E-state index in [1.165, 1.54) is 24.8 Å². The Morgan fingerprint density at radius 2 is 1.65 bits per heavy atom. The Kier molecular flexibility index (Phi) is 22.0. The Morgan fingerprint density at radius 1 is 0.940 bits per heavy atom. The molecule has 1 fully saturated rings. The van der Waals surface area contributed by atoms with Crippen molar-refractivity contribution in [3.8, 4) is 11.5 Å². The summed E-state index contributed by atoms with van der Waals surface area (Å²) in [6.07, 6.45) is 8.36. The fraction of sp³-hybridized carbons (Fsp3) is 0.433. The zero-order valence-electron chi connectivity index (χ0n) is 49.5. The summed E-state index contributed by atoms with van der Waals surface area (Å²) in [5.74, 6) is 0.176. The molecule has 2 aliphatic rings. The van der Waals surface area contributed by atoms with Crippen LogP contribution in [0.25, 0.3) is 10.9 Å². The predicted octanol–water partition coefficient (Wildman–Crippen LogP) is 6.38. The van der Waals surface area contributed by atoms with Crippen LogP contribution in [0.2, 0.25) is 0 Å². The van der Waals surface area contributed by atoms with E-state index in [1.54, 1.807) is 61.3 Å². The molecule has 5 aromatic rings. The molecule has 0 aliphatic carbocycles. The number of hydrogen-bond acceptors (Lipinski definition) is 13. The van der Waals surface area contributed by atoms with Gasteiger partial charge in [-0.1, -0.05) is 60.9 Å². The number of pyridine rings is 1. The number of urea groups is 1. The van der Waals surface area contributed by atoms with Crippen molar-refractivity contribution in [3.05, 3.63) is 129 Å². The molecule has 24 heteroatoms. The van der Waals surface area contributed by atoms with Crippen LogP contribution in [0.3, 0.4) is 0 Å². The van der Waals surface area contributed by atoms with Gasteiger partial charge in [0.05, 0.1) is 41.5 Å². The van der Waals surface area contributed by atoms with Crippen LogP contribution in [0.4, 0.5) is 22.0 Å². The first-order valence-electron chi connectivity index (χ1n) is 28.2. The number of anilines is 3. The third-order valence-electron chi connectivity index (χ3n) is 15.0. The number of fused-ring (bicyclic) bond motifs is 2. The van der Waals surface area contributed by atoms with Gasteiger partial charge in [-0.3, -0.25) is 29.1 Å². The number of nitrogens with zero attached hydrogens (tertiary/aromatic N) is 7. The highest BCUT2D eigenvalue weighted by atomic mass is 35.5. The number of aromatic nitrogens is 3. The summed E-state index contributed by atoms with van der Waals surface area (Å²) in [4.78, 5) is 90.4. The van der Waals surface area contributed by atoms with E-state index in [4.69, 9.17) is 26.8 Å². The number of hydrogen-bond donors (Lipinski definition) is 8. The third kappa shape index (κ3) is 16.4. The van der Waals surface area contributed by atoms with Crippen molar-refractivity contribution < 1.29 is 33.4 Å². The highest BCUT2D eigenvalue weighted by Gasteiger charge is 2.44. The number of aliphatic imine (C=N–C) groups is 1. The predicted molar refractivity (Wildman–Crippen MR) is 328 cm³/mol. The summed E-state index contributed by atoms with van der Waals surface area (Å²) in [6.45, 7) is 9.25. The summed E-state index contributed by atoms with van der Waals surface area (Å²) in [5, 5.41) is 26.2. The zero-order chi connectivity index (χ0) is 60.7. The van der Waals surface area contributed by atoms with Crippen LogP contribution in [0, 0.1) is 5.92 Å². The molecule has 2 aromatic heterocycles. The van der Waals surface area contributed by atoms with Crippen LogP contribution in [0.5, 0.6) is 11.5 Å². The monoisotopic (exact) mass is 1170 g/mol. The number of halogens is 1. The SMILES string of the molecule is CNC(=O)COc1cc2cc(NC(/N=C(\N)N3CCC(C(=O)NCCCCCCN(C)C/C=C/C(=O)Nc4ccc(C(=O)Nc5n[nH]c6c5CN(C(=O)N[C@H](CN(C)C)c5ccccc5)C6(C)C)cc4)CC3)=C(/C)Cl)cc(OC)c2n(C)c1=O. The lowest BCUT2D eigenvalue weighted by atomic mass is 9.96. The van der Waals surface area contributed by atoms with Gasteiger partial charge in [0, 0.05) is 92.8 Å². The van der Waals surface area contributed by atoms with Crippen LogP contribution in [-0.2, 0) is 33.5 Å². The van der Waals surface area contributed by atoms with Crippen LogP contribution in [0.1, 0.15) is 92.5 Å². The van der Waals surface area contributed by atoms with Gasteiger partial charge in [0.15, 0.2) is 24.1 Å². The normalized spacial score (nSPS) is 15.0. The van der Waals surface area contributed by atoms with Gasteiger partial charge >= 0.3 is 6.03 Å². The smallest absolute Gasteiger partial charge is 0.319 e. The number of rotatable bonds is 25. The van der Waals surface area contributed by atoms with Crippen LogP contribution >= 0.6 is 11.6 Å². The van der Waals surface area contributed by atoms with Crippen molar-refractivity contribution in [2.75, 3.05) is 97.1 Å². The molecular weight excluding hydrogens is 1090 g/mol. The fourth-order valence-electron chi connectivity index (χ4n) is 10.2. The lowest BCUT2D eigenvalue weighted by Crippen LogP contribution is -2.48. The second-order valence-electron chi connectivity index (χ2n) is 21.8. The van der Waals surface area contributed by atoms with Gasteiger partial charge < -0.3 is 71.3 Å². The van der Waals surface area contributed by atoms with Gasteiger partial charge in [0.25, 0.3) is 17.4 Å². The Hall–Kier alpha value is -8.41. The molecule has 23 nitrogen and oxygen atoms in total. The molecule has 0 spiro atoms. The number of ether oxygens (including phenoxy) is 2. The standard InChI is InChI=1S/C60H80ClN15O8/c1-38(61)53(66-44-32-42-33-48(84-37-50(78)63-4)57(81)74(8)51(42)47(34-44)83-9)69-58(62)75-30-25-41(26-31-75)55(79)64-27-15-10-11-16-28-73(7)29-17-20-49(77)65-43-23-21-40(22-24-43)56(80)68-54-45-35-76(60(2,3)52(45)70-71-54)59(82)67-46(36-72(5)6)39-18-13-12-14-19-39/h12-14,17-24,32-34,41,46,66H,10-11,15-16,25-31,35-37H2,1-9H3,(H2,62,69)(H,63,78)(H,64,79)(H,65,77)(H,67,82)(H2,68,70,71,80)/b20-17+,53-38+/t46-/m1/s1. The summed E-state index contributed by atoms with van der Waals surface area (Å²) >= 11 is 6.51. The van der Waals surface area contributed by atoms with Crippen LogP contribution in [-0.4, -0.2) is 151 Å². The maximum Gasteiger partial charge on any atom is 0.319 e. The molecule has 0 saturated carbocycles. The Bertz CT molecular complexity index is 3290. The topological polar surface area (TPSA) is 278 Å². The minimum absolute atomic E-state index is 0.00202. The molecule has 7 rings (SSSR count). The number of piperidine rings is 1. The molecule has 84 heavy (non-hydrogen) atoms. The minimum Gasteiger partial charge on any atom is -0.494 e. The van der Waals surface area contributed by atoms with E-state index in [2.05, 4.69) is 52.0 Å². The Balaban J connectivity index is 0.765. The van der Waals surface area contributed by atoms with Gasteiger partial charge in [-0.25, -0.2) is 4.79 Å². The van der Waals surface area contributed by atoms with Crippen molar-refractivity contribution in [2.24, 2.45) is 23.7 Å². The zero-order valence-corrected chi connectivity index (χ0v) is 50.2. The number of aryl methyl sites for hydroxylation is 1. The average Bonchev–Trinajstić information content (AvgIpc) is 3.45. The summed E-state index contributed by atoms with van der Waals surface area (Å²) < 4.78 is 12.6. The quantitative estimate of drug-likeness (QED) is 0.0136. The average molecular weight is 1170 g/mol. The lowest BCUT2D eigenvalue weighted by Gasteiger charge is -2.34. The number of likely N-dealkylation sites (N-methyl/N-ethyl adjacent to an activating group) is 3. The molecule has 6 amide bonds. The summed E-state index contributed by atoms with van der Waals surface area (Å²) in [5.41, 5.74) is 9.85. The highest BCUT2D eigenvalue weighted by Crippen LogP contribution is 2.41. The van der Waals surface area contributed by atoms with E-state index in [0.717, 1.165) is 49.0 Å². The van der Waals surface area contributed by atoms with E-state index in [-0.39, 0.29) is 66.5 Å². The molecule has 2 aliphatic heterocycles. The number of likely N-dealkylation sites (tertiary alicyclic amines) is 1. The molecule has 4 heterocycles. The number of guanidine groups is 1. The molecule has 0 radical (unpaired) electrons. The number of allylic oxidation sites excluding steroid dienone is 1. The number of carbonyl (C=O) groups excluding carboxylic acids is 5. The van der Waals surface area contributed by atoms with Crippen molar-refractivity contribution in [1.29, 1.82) is 0 Å². The van der Waals surface area contributed by atoms with Gasteiger partial charge in [-0.05, 0) is 116 Å². The van der Waals surface area contributed by atoms with Gasteiger partial charge in [0.1, 0.15) is 11.6 Å². The fourth-order valence-corrected chi connectivity index (χ4v) is 10.3. The van der Waals surface area contributed by atoms with E-state index in [1.807, 2.05) is 81.2 Å². The van der Waals surface area contributed by atoms with E-state index in [9.17, 15) is 28.8 Å². The third-order valence-corrected chi connectivity index (χ3v) is 15.1. The van der Waals surface area contributed by atoms with Gasteiger partial charge in [-0.2, -0.15) is 10.1 Å². The maximum absolute atomic E-state index is 13.8. The van der Waals surface area contributed by atoms with E-state index < -0.39 is 11.1 Å². The van der Waals surface area contributed by atoms with Crippen LogP contribution in [0.15, 0.2) is 106 Å².